The topological polar surface area (TPSA) is 46.6 Å². The molecule has 4 heteroatoms. The molecule has 0 aromatic heterocycles. The lowest BCUT2D eigenvalue weighted by atomic mass is 10.0. The fourth-order valence-electron chi connectivity index (χ4n) is 2.85. The number of allylic oxidation sites excluding steroid dienone is 1. The summed E-state index contributed by atoms with van der Waals surface area (Å²) in [5.41, 5.74) is 3.21. The van der Waals surface area contributed by atoms with Gasteiger partial charge in [-0.25, -0.2) is 0 Å². The van der Waals surface area contributed by atoms with Crippen molar-refractivity contribution in [3.05, 3.63) is 76.5 Å². The second kappa shape index (κ2) is 9.88. The zero-order valence-corrected chi connectivity index (χ0v) is 17.4. The normalized spacial score (nSPS) is 11.4. The van der Waals surface area contributed by atoms with E-state index >= 15 is 0 Å². The molecule has 0 fully saturated rings. The Morgan fingerprint density at radius 2 is 1.68 bits per heavy atom. The van der Waals surface area contributed by atoms with Gasteiger partial charge in [0.25, 0.3) is 5.91 Å². The fourth-order valence-corrected chi connectivity index (χ4v) is 2.85. The number of hydrogen-bond acceptors (Lipinski definition) is 3. The summed E-state index contributed by atoms with van der Waals surface area (Å²) < 4.78 is 5.82. The molecule has 0 bridgehead atoms. The molecule has 0 N–H and O–H groups in total. The van der Waals surface area contributed by atoms with E-state index in [1.165, 1.54) is 10.5 Å². The summed E-state index contributed by atoms with van der Waals surface area (Å²) in [7, 11) is 3.40. The van der Waals surface area contributed by atoms with Crippen LogP contribution in [0.5, 0.6) is 0 Å². The predicted molar refractivity (Wildman–Crippen MR) is 113 cm³/mol. The number of aryl methyl sites for hydroxylation is 1. The van der Waals surface area contributed by atoms with Crippen LogP contribution < -0.4 is 0 Å². The van der Waals surface area contributed by atoms with Crippen molar-refractivity contribution in [3.63, 3.8) is 0 Å². The summed E-state index contributed by atoms with van der Waals surface area (Å²) in [5.74, 6) is 0.00900. The molecule has 0 radical (unpaired) electrons. The molecule has 0 aliphatic rings. The molecule has 2 rings (SSSR count). The maximum absolute atomic E-state index is 13.0. The highest BCUT2D eigenvalue weighted by Gasteiger charge is 2.17. The van der Waals surface area contributed by atoms with Crippen molar-refractivity contribution in [2.24, 2.45) is 0 Å². The van der Waals surface area contributed by atoms with Gasteiger partial charge >= 0.3 is 0 Å². The molecule has 28 heavy (non-hydrogen) atoms. The summed E-state index contributed by atoms with van der Waals surface area (Å²) >= 11 is 0. The van der Waals surface area contributed by atoms with Gasteiger partial charge in [-0.3, -0.25) is 9.59 Å². The van der Waals surface area contributed by atoms with Crippen molar-refractivity contribution in [2.75, 3.05) is 14.1 Å². The number of ketones is 1. The minimum Gasteiger partial charge on any atom is -0.487 e. The van der Waals surface area contributed by atoms with Crippen LogP contribution in [0.15, 0.2) is 54.3 Å². The largest absolute Gasteiger partial charge is 0.487 e. The average molecular weight is 380 g/mol. The molecular weight excluding hydrogens is 350 g/mol. The summed E-state index contributed by atoms with van der Waals surface area (Å²) in [5, 5.41) is 0. The van der Waals surface area contributed by atoms with Gasteiger partial charge in [0.15, 0.2) is 5.76 Å². The van der Waals surface area contributed by atoms with E-state index in [2.05, 4.69) is 19.1 Å². The first kappa shape index (κ1) is 21.4. The Morgan fingerprint density at radius 3 is 2.25 bits per heavy atom. The van der Waals surface area contributed by atoms with Gasteiger partial charge in [0.1, 0.15) is 0 Å². The zero-order valence-electron chi connectivity index (χ0n) is 17.4. The van der Waals surface area contributed by atoms with Crippen LogP contribution in [-0.4, -0.2) is 36.8 Å². The molecule has 0 atom stereocenters. The molecule has 0 heterocycles. The van der Waals surface area contributed by atoms with Crippen molar-refractivity contribution >= 4 is 17.8 Å². The third-order valence-corrected chi connectivity index (χ3v) is 4.17. The monoisotopic (exact) mass is 379 g/mol. The Labute approximate surface area is 167 Å². The first-order valence-electron chi connectivity index (χ1n) is 9.65. The van der Waals surface area contributed by atoms with Crippen LogP contribution in [0.4, 0.5) is 0 Å². The molecule has 0 saturated heterocycles. The lowest BCUT2D eigenvalue weighted by molar-refractivity contribution is 0.0824. The van der Waals surface area contributed by atoms with Crippen molar-refractivity contribution in [1.82, 2.24) is 4.90 Å². The van der Waals surface area contributed by atoms with Crippen molar-refractivity contribution < 1.29 is 14.3 Å². The van der Waals surface area contributed by atoms with Crippen LogP contribution >= 0.6 is 0 Å². The lowest BCUT2D eigenvalue weighted by Gasteiger charge is -2.14. The SMILES string of the molecule is CCCc1cccc(C=C(OC(C)C)C(=O)c2ccc(C(=O)N(C)C)cc2)c1. The maximum atomic E-state index is 13.0. The Balaban J connectivity index is 2.33. The van der Waals surface area contributed by atoms with E-state index in [1.807, 2.05) is 26.0 Å². The molecule has 0 aliphatic carbocycles. The standard InChI is InChI=1S/C24H29NO3/c1-6-8-18-9-7-10-19(15-18)16-22(28-17(2)3)23(26)20-11-13-21(14-12-20)24(27)25(4)5/h7,9-17H,6,8H2,1-5H3. The van der Waals surface area contributed by atoms with Crippen LogP contribution in [0.25, 0.3) is 6.08 Å². The number of rotatable bonds is 8. The number of ether oxygens (including phenoxy) is 1. The smallest absolute Gasteiger partial charge is 0.253 e. The van der Waals surface area contributed by atoms with Gasteiger partial charge in [0.2, 0.25) is 5.78 Å². The number of carbonyl (C=O) groups excluding carboxylic acids is 2. The number of hydrogen-bond donors (Lipinski definition) is 0. The number of amides is 1. The predicted octanol–water partition coefficient (Wildman–Crippen LogP) is 4.99. The van der Waals surface area contributed by atoms with Crippen LogP contribution in [0.3, 0.4) is 0 Å². The molecule has 0 unspecified atom stereocenters. The Morgan fingerprint density at radius 1 is 1.04 bits per heavy atom. The molecule has 4 nitrogen and oxygen atoms in total. The van der Waals surface area contributed by atoms with Crippen LogP contribution in [0.1, 0.15) is 59.0 Å². The molecule has 0 spiro atoms. The van der Waals surface area contributed by atoms with Crippen molar-refractivity contribution in [3.8, 4) is 0 Å². The van der Waals surface area contributed by atoms with Gasteiger partial charge < -0.3 is 9.64 Å². The minimum atomic E-state index is -0.196. The number of nitrogens with zero attached hydrogens (tertiary/aromatic N) is 1. The summed E-state index contributed by atoms with van der Waals surface area (Å²) in [6, 6.07) is 14.8. The van der Waals surface area contributed by atoms with Crippen molar-refractivity contribution in [1.29, 1.82) is 0 Å². The van der Waals surface area contributed by atoms with E-state index in [-0.39, 0.29) is 17.8 Å². The second-order valence-corrected chi connectivity index (χ2v) is 7.28. The van der Waals surface area contributed by atoms with Gasteiger partial charge in [-0.05, 0) is 49.6 Å². The van der Waals surface area contributed by atoms with Crippen molar-refractivity contribution in [2.45, 2.75) is 39.7 Å². The molecule has 0 saturated carbocycles. The highest BCUT2D eigenvalue weighted by molar-refractivity contribution is 6.10. The summed E-state index contributed by atoms with van der Waals surface area (Å²) in [6.07, 6.45) is 3.74. The quantitative estimate of drug-likeness (QED) is 0.369. The van der Waals surface area contributed by atoms with Crippen LogP contribution in [0.2, 0.25) is 0 Å². The highest BCUT2D eigenvalue weighted by Crippen LogP contribution is 2.18. The average Bonchev–Trinajstić information content (AvgIpc) is 2.66. The van der Waals surface area contributed by atoms with Gasteiger partial charge in [-0.2, -0.15) is 0 Å². The van der Waals surface area contributed by atoms with Gasteiger partial charge in [0, 0.05) is 25.2 Å². The number of benzene rings is 2. The van der Waals surface area contributed by atoms with Gasteiger partial charge in [0.05, 0.1) is 6.10 Å². The summed E-state index contributed by atoms with van der Waals surface area (Å²) in [4.78, 5) is 26.6. The highest BCUT2D eigenvalue weighted by atomic mass is 16.5. The van der Waals surface area contributed by atoms with Crippen LogP contribution in [0, 0.1) is 0 Å². The molecule has 2 aromatic rings. The first-order valence-corrected chi connectivity index (χ1v) is 9.65. The second-order valence-electron chi connectivity index (χ2n) is 7.28. The number of carbonyl (C=O) groups is 2. The van der Waals surface area contributed by atoms with E-state index in [0.29, 0.717) is 16.9 Å². The summed E-state index contributed by atoms with van der Waals surface area (Å²) in [6.45, 7) is 5.94. The third-order valence-electron chi connectivity index (χ3n) is 4.17. The minimum absolute atomic E-state index is 0.0964. The maximum Gasteiger partial charge on any atom is 0.253 e. The molecular formula is C24H29NO3. The van der Waals surface area contributed by atoms with E-state index in [0.717, 1.165) is 18.4 Å². The molecule has 148 valence electrons. The van der Waals surface area contributed by atoms with E-state index in [9.17, 15) is 9.59 Å². The third kappa shape index (κ3) is 5.81. The van der Waals surface area contributed by atoms with E-state index in [1.54, 1.807) is 44.4 Å². The molecule has 0 aliphatic heterocycles. The Bertz CT molecular complexity index is 848. The molecule has 1 amide bonds. The van der Waals surface area contributed by atoms with E-state index < -0.39 is 0 Å². The fraction of sp³-hybridized carbons (Fsp3) is 0.333. The number of Topliss-reactive ketones (excluding diaryl/α,β-unsaturated/α-hetero) is 1. The van der Waals surface area contributed by atoms with E-state index in [4.69, 9.17) is 4.74 Å². The lowest BCUT2D eigenvalue weighted by Crippen LogP contribution is -2.21. The van der Waals surface area contributed by atoms with Gasteiger partial charge in [-0.15, -0.1) is 0 Å². The Hall–Kier alpha value is -2.88. The zero-order chi connectivity index (χ0) is 20.7. The molecule has 2 aromatic carbocycles. The Kier molecular flexibility index (Phi) is 7.56. The van der Waals surface area contributed by atoms with Crippen LogP contribution in [-0.2, 0) is 11.2 Å². The first-order chi connectivity index (χ1) is 13.3. The van der Waals surface area contributed by atoms with Gasteiger partial charge in [-0.1, -0.05) is 49.7 Å².